The molecular formula is C53H72N4O17P. The first-order chi connectivity index (χ1) is 35.9. The number of carbonyl (C=O) groups is 5. The van der Waals surface area contributed by atoms with Crippen molar-refractivity contribution in [2.45, 2.75) is 116 Å². The predicted molar refractivity (Wildman–Crippen MR) is 273 cm³/mol. The van der Waals surface area contributed by atoms with Crippen molar-refractivity contribution in [2.24, 2.45) is 0 Å². The Labute approximate surface area is 440 Å². The Balaban J connectivity index is 1.47. The zero-order chi connectivity index (χ0) is 54.9. The van der Waals surface area contributed by atoms with Gasteiger partial charge in [0, 0.05) is 45.8 Å². The number of esters is 2. The average Bonchev–Trinajstić information content (AvgIpc) is 3.37. The maximum absolute atomic E-state index is 13.0. The molecule has 22 heteroatoms. The number of ether oxygens (including phenoxy) is 9. The molecule has 3 N–H and O–H groups in total. The topological polar surface area (TPSA) is 258 Å². The van der Waals surface area contributed by atoms with Crippen LogP contribution < -0.4 is 20.1 Å². The number of benzene rings is 3. The smallest absolute Gasteiger partial charge is 0.303 e. The highest BCUT2D eigenvalue weighted by atomic mass is 31.2. The van der Waals surface area contributed by atoms with Gasteiger partial charge in [-0.15, -0.1) is 0 Å². The van der Waals surface area contributed by atoms with E-state index in [-0.39, 0.29) is 64.7 Å². The van der Waals surface area contributed by atoms with Gasteiger partial charge in [-0.3, -0.25) is 24.0 Å². The average molecular weight is 1070 g/mol. The molecule has 4 rings (SSSR count). The number of carboxylic acid groups (broad SMARTS) is 1. The molecule has 1 fully saturated rings. The maximum Gasteiger partial charge on any atom is 0.303 e. The molecule has 0 saturated carbocycles. The monoisotopic (exact) mass is 1070 g/mol. The summed E-state index contributed by atoms with van der Waals surface area (Å²) < 4.78 is 68.1. The zero-order valence-electron chi connectivity index (χ0n) is 44.1. The Kier molecular flexibility index (Phi) is 26.3. The molecule has 75 heavy (non-hydrogen) atoms. The number of methoxy groups -OCH3 is 2. The molecule has 1 unspecified atom stereocenters. The van der Waals surface area contributed by atoms with E-state index in [0.29, 0.717) is 11.5 Å². The van der Waals surface area contributed by atoms with Crippen molar-refractivity contribution in [1.82, 2.24) is 15.3 Å². The fourth-order valence-electron chi connectivity index (χ4n) is 8.18. The van der Waals surface area contributed by atoms with Crippen LogP contribution in [0.25, 0.3) is 0 Å². The highest BCUT2D eigenvalue weighted by Crippen LogP contribution is 2.48. The number of nitrogens with one attached hydrogen (secondary N) is 2. The van der Waals surface area contributed by atoms with E-state index in [2.05, 4.69) is 49.1 Å². The summed E-state index contributed by atoms with van der Waals surface area (Å²) in [7, 11) is 1.49. The van der Waals surface area contributed by atoms with Crippen LogP contribution in [0, 0.1) is 17.8 Å². The summed E-state index contributed by atoms with van der Waals surface area (Å²) in [6.07, 6.45) is -5.32. The standard InChI is InChI=1S/C53H72N4O17P/c1-35(2)57(36(3)4)75(70-28-13-26-54)74-45(33-69-53(40-14-11-10-12-15-40,41-16-20-43(64-8)21-17-41)42-18-22-44(65-9)23-19-42)32-67-31-30-66-29-27-55-47(61)34-68-52-49(56-37(5)58)51(72-39(7)60)50(71-38(6)59)46(73-52)24-25-48(62)63/h10-12,14-24,35-36,45-46,49-52H,13,25,27-34H2,1-9H3,(H,55,61)(H,56,58)(H,62,63)/t45-,46+,49+,50+,51+,52+,75?/m0/s1. The van der Waals surface area contributed by atoms with Gasteiger partial charge >= 0.3 is 17.9 Å². The van der Waals surface area contributed by atoms with Gasteiger partial charge in [0.2, 0.25) is 11.8 Å². The number of nitriles is 1. The normalized spacial score (nSPS) is 18.4. The number of carbonyl (C=O) groups excluding carboxylic acids is 4. The SMILES string of the molecule is COc1ccc(C(OC[C@H](COCCOCCNC(=O)CO[C@@H]2O[C@H]([CH]CC(=O)O)[C@@H](OC(C)=O)[C@H](OC(C)=O)[C@H]2NC(C)=O)OP(OCCC#N)N(C(C)C)C(C)C)(c2ccccc2)c2ccc(OC)cc2)cc1. The van der Waals surface area contributed by atoms with Crippen LogP contribution >= 0.6 is 8.53 Å². The Morgan fingerprint density at radius 2 is 1.36 bits per heavy atom. The molecule has 21 nitrogen and oxygen atoms in total. The number of hydrogen-bond acceptors (Lipinski definition) is 18. The number of carboxylic acids is 1. The molecule has 411 valence electrons. The molecule has 1 saturated heterocycles. The number of amides is 2. The highest BCUT2D eigenvalue weighted by molar-refractivity contribution is 7.44. The Morgan fingerprint density at radius 1 is 0.787 bits per heavy atom. The predicted octanol–water partition coefficient (Wildman–Crippen LogP) is 5.61. The van der Waals surface area contributed by atoms with E-state index in [1.807, 2.05) is 78.9 Å². The zero-order valence-corrected chi connectivity index (χ0v) is 45.0. The lowest BCUT2D eigenvalue weighted by Crippen LogP contribution is -2.66. The molecule has 3 aromatic rings. The minimum Gasteiger partial charge on any atom is -0.497 e. The minimum absolute atomic E-state index is 0.0161. The fraction of sp³-hybridized carbons (Fsp3) is 0.528. The summed E-state index contributed by atoms with van der Waals surface area (Å²) in [5, 5.41) is 24.0. The second-order valence-corrected chi connectivity index (χ2v) is 19.0. The van der Waals surface area contributed by atoms with E-state index in [4.69, 9.17) is 51.7 Å². The molecule has 1 radical (unpaired) electrons. The Bertz CT molecular complexity index is 2210. The number of hydrogen-bond donors (Lipinski definition) is 3. The van der Waals surface area contributed by atoms with Crippen LogP contribution in [-0.2, 0) is 71.8 Å². The summed E-state index contributed by atoms with van der Waals surface area (Å²) >= 11 is 0. The Hall–Kier alpha value is -5.79. The van der Waals surface area contributed by atoms with Gasteiger partial charge in [-0.05, 0) is 68.7 Å². The summed E-state index contributed by atoms with van der Waals surface area (Å²) in [5.74, 6) is -2.63. The van der Waals surface area contributed by atoms with Crippen molar-refractivity contribution in [3.63, 3.8) is 0 Å². The van der Waals surface area contributed by atoms with Crippen LogP contribution in [0.5, 0.6) is 11.5 Å². The van der Waals surface area contributed by atoms with Gasteiger partial charge in [0.1, 0.15) is 42.0 Å². The van der Waals surface area contributed by atoms with Crippen molar-refractivity contribution in [3.8, 4) is 17.6 Å². The van der Waals surface area contributed by atoms with Crippen LogP contribution in [0.15, 0.2) is 78.9 Å². The first-order valence-electron chi connectivity index (χ1n) is 24.5. The minimum atomic E-state index is -1.73. The van der Waals surface area contributed by atoms with Crippen LogP contribution in [0.2, 0.25) is 0 Å². The van der Waals surface area contributed by atoms with Crippen molar-refractivity contribution in [2.75, 3.05) is 67.0 Å². The van der Waals surface area contributed by atoms with Crippen molar-refractivity contribution < 1.29 is 80.8 Å². The second-order valence-electron chi connectivity index (χ2n) is 17.6. The van der Waals surface area contributed by atoms with Crippen molar-refractivity contribution in [3.05, 3.63) is 102 Å². The van der Waals surface area contributed by atoms with Crippen molar-refractivity contribution >= 4 is 38.2 Å². The molecule has 0 bridgehead atoms. The third-order valence-corrected chi connectivity index (χ3v) is 13.5. The van der Waals surface area contributed by atoms with Gasteiger partial charge in [-0.1, -0.05) is 54.6 Å². The molecule has 3 aromatic carbocycles. The number of rotatable bonds is 33. The number of aliphatic carboxylic acids is 1. The molecular weight excluding hydrogens is 996 g/mol. The molecule has 1 aliphatic rings. The summed E-state index contributed by atoms with van der Waals surface area (Å²) in [5.41, 5.74) is 1.33. The van der Waals surface area contributed by atoms with Gasteiger partial charge in [0.15, 0.2) is 18.5 Å². The quantitative estimate of drug-likeness (QED) is 0.0290. The van der Waals surface area contributed by atoms with E-state index in [1.54, 1.807) is 14.2 Å². The van der Waals surface area contributed by atoms with E-state index < -0.39 is 93.6 Å². The largest absolute Gasteiger partial charge is 0.497 e. The lowest BCUT2D eigenvalue weighted by atomic mass is 9.80. The van der Waals surface area contributed by atoms with E-state index in [9.17, 15) is 34.3 Å². The van der Waals surface area contributed by atoms with Crippen LogP contribution in [0.1, 0.15) is 78.0 Å². The molecule has 7 atom stereocenters. The molecule has 0 spiro atoms. The van der Waals surface area contributed by atoms with E-state index in [0.717, 1.165) is 30.5 Å². The molecule has 0 aromatic heterocycles. The first-order valence-corrected chi connectivity index (χ1v) is 25.7. The summed E-state index contributed by atoms with van der Waals surface area (Å²) in [6, 6.07) is 26.2. The molecule has 1 heterocycles. The lowest BCUT2D eigenvalue weighted by Gasteiger charge is -2.45. The lowest BCUT2D eigenvalue weighted by molar-refractivity contribution is -0.264. The molecule has 0 aliphatic carbocycles. The molecule has 1 aliphatic heterocycles. The second kappa shape index (κ2) is 31.9. The van der Waals surface area contributed by atoms with Gasteiger partial charge in [0.05, 0.1) is 72.8 Å². The van der Waals surface area contributed by atoms with E-state index in [1.165, 1.54) is 13.3 Å². The summed E-state index contributed by atoms with van der Waals surface area (Å²) in [6.45, 7) is 11.6. The number of nitrogens with zero attached hydrogens (tertiary/aromatic N) is 2. The van der Waals surface area contributed by atoms with Gasteiger partial charge < -0.3 is 67.4 Å². The maximum atomic E-state index is 13.0. The van der Waals surface area contributed by atoms with Gasteiger partial charge in [-0.25, -0.2) is 4.67 Å². The van der Waals surface area contributed by atoms with Gasteiger partial charge in [-0.2, -0.15) is 5.26 Å². The van der Waals surface area contributed by atoms with Gasteiger partial charge in [0.25, 0.3) is 8.53 Å². The highest BCUT2D eigenvalue weighted by Gasteiger charge is 2.51. The molecule has 2 amide bonds. The van der Waals surface area contributed by atoms with Crippen LogP contribution in [-0.4, -0.2) is 155 Å². The van der Waals surface area contributed by atoms with Crippen LogP contribution in [0.3, 0.4) is 0 Å². The Morgan fingerprint density at radius 3 is 1.89 bits per heavy atom. The third-order valence-electron chi connectivity index (χ3n) is 11.3. The summed E-state index contributed by atoms with van der Waals surface area (Å²) in [4.78, 5) is 60.9. The third kappa shape index (κ3) is 19.4. The first kappa shape index (κ1) is 61.8. The van der Waals surface area contributed by atoms with Crippen molar-refractivity contribution in [1.29, 1.82) is 5.26 Å². The fourth-order valence-corrected chi connectivity index (χ4v) is 9.87. The van der Waals surface area contributed by atoms with Crippen LogP contribution in [0.4, 0.5) is 0 Å². The van der Waals surface area contributed by atoms with E-state index >= 15 is 0 Å².